The smallest absolute Gasteiger partial charge is 0.243 e. The molecule has 0 unspecified atom stereocenters. The van der Waals surface area contributed by atoms with Gasteiger partial charge >= 0.3 is 0 Å². The first kappa shape index (κ1) is 17.1. The zero-order chi connectivity index (χ0) is 17.9. The molecular formula is C20H22N2O3S. The second kappa shape index (κ2) is 7.50. The predicted octanol–water partition coefficient (Wildman–Crippen LogP) is 3.79. The third kappa shape index (κ3) is 3.60. The second-order valence-corrected chi connectivity index (χ2v) is 7.75. The molecule has 1 N–H and O–H groups in total. The number of para-hydroxylation sites is 1. The van der Waals surface area contributed by atoms with Crippen molar-refractivity contribution in [3.8, 4) is 11.5 Å². The minimum atomic E-state index is -0.0294. The van der Waals surface area contributed by atoms with Crippen LogP contribution < -0.4 is 19.7 Å². The van der Waals surface area contributed by atoms with Crippen LogP contribution in [0.15, 0.2) is 47.4 Å². The number of thioether (sulfide) groups is 1. The maximum atomic E-state index is 12.6. The van der Waals surface area contributed by atoms with Gasteiger partial charge in [-0.05, 0) is 30.7 Å². The lowest BCUT2D eigenvalue weighted by Crippen LogP contribution is -2.40. The van der Waals surface area contributed by atoms with Crippen LogP contribution in [0.5, 0.6) is 11.5 Å². The zero-order valence-electron chi connectivity index (χ0n) is 14.7. The van der Waals surface area contributed by atoms with E-state index in [-0.39, 0.29) is 5.91 Å². The van der Waals surface area contributed by atoms with Gasteiger partial charge in [-0.25, -0.2) is 0 Å². The van der Waals surface area contributed by atoms with Crippen LogP contribution in [0.25, 0.3) is 0 Å². The average molecular weight is 370 g/mol. The molecule has 2 aromatic carbocycles. The molecule has 5 nitrogen and oxygen atoms in total. The van der Waals surface area contributed by atoms with E-state index in [0.717, 1.165) is 30.1 Å². The summed E-state index contributed by atoms with van der Waals surface area (Å²) in [6, 6.07) is 13.8. The monoisotopic (exact) mass is 370 g/mol. The minimum absolute atomic E-state index is 0.0294. The van der Waals surface area contributed by atoms with Crippen molar-refractivity contribution in [3.63, 3.8) is 0 Å². The summed E-state index contributed by atoms with van der Waals surface area (Å²) in [5.41, 5.74) is 1.87. The quantitative estimate of drug-likeness (QED) is 0.887. The first-order valence-corrected chi connectivity index (χ1v) is 9.81. The van der Waals surface area contributed by atoms with Gasteiger partial charge in [-0.15, -0.1) is 11.8 Å². The highest BCUT2D eigenvalue weighted by Crippen LogP contribution is 2.39. The topological polar surface area (TPSA) is 50.8 Å². The van der Waals surface area contributed by atoms with E-state index in [2.05, 4.69) is 35.3 Å². The number of nitrogens with zero attached hydrogens (tertiary/aromatic N) is 1. The average Bonchev–Trinajstić information content (AvgIpc) is 2.67. The maximum absolute atomic E-state index is 12.6. The fourth-order valence-electron chi connectivity index (χ4n) is 3.24. The van der Waals surface area contributed by atoms with Crippen LogP contribution >= 0.6 is 11.8 Å². The number of anilines is 2. The van der Waals surface area contributed by atoms with Gasteiger partial charge in [0.25, 0.3) is 0 Å². The minimum Gasteiger partial charge on any atom is -0.486 e. The number of nitrogens with one attached hydrogen (secondary N) is 1. The zero-order valence-corrected chi connectivity index (χ0v) is 15.6. The summed E-state index contributed by atoms with van der Waals surface area (Å²) in [4.78, 5) is 16.0. The largest absolute Gasteiger partial charge is 0.486 e. The summed E-state index contributed by atoms with van der Waals surface area (Å²) in [6.07, 6.45) is 1.08. The summed E-state index contributed by atoms with van der Waals surface area (Å²) < 4.78 is 11.1. The molecule has 0 aliphatic carbocycles. The Balaban J connectivity index is 1.46. The molecule has 0 bridgehead atoms. The van der Waals surface area contributed by atoms with Crippen LogP contribution in [0.1, 0.15) is 13.3 Å². The number of ether oxygens (including phenoxy) is 2. The van der Waals surface area contributed by atoms with Gasteiger partial charge < -0.3 is 19.7 Å². The highest BCUT2D eigenvalue weighted by molar-refractivity contribution is 8.00. The van der Waals surface area contributed by atoms with Crippen molar-refractivity contribution in [3.05, 3.63) is 42.5 Å². The first-order chi connectivity index (χ1) is 12.7. The number of hydrogen-bond acceptors (Lipinski definition) is 5. The molecule has 0 saturated heterocycles. The lowest BCUT2D eigenvalue weighted by Gasteiger charge is -2.34. The Labute approximate surface area is 157 Å². The fraction of sp³-hybridized carbons (Fsp3) is 0.350. The number of carbonyl (C=O) groups is 1. The molecule has 2 heterocycles. The van der Waals surface area contributed by atoms with E-state index < -0.39 is 0 Å². The van der Waals surface area contributed by atoms with Crippen molar-refractivity contribution in [1.29, 1.82) is 0 Å². The van der Waals surface area contributed by atoms with E-state index in [0.29, 0.717) is 30.8 Å². The van der Waals surface area contributed by atoms with E-state index in [1.165, 1.54) is 4.90 Å². The molecule has 136 valence electrons. The maximum Gasteiger partial charge on any atom is 0.243 e. The lowest BCUT2D eigenvalue weighted by atomic mass is 10.2. The molecule has 0 spiro atoms. The highest BCUT2D eigenvalue weighted by Gasteiger charge is 2.25. The Morgan fingerprint density at radius 3 is 2.85 bits per heavy atom. The molecule has 26 heavy (non-hydrogen) atoms. The molecule has 4 rings (SSSR count). The second-order valence-electron chi connectivity index (χ2n) is 6.40. The summed E-state index contributed by atoms with van der Waals surface area (Å²) in [6.45, 7) is 4.50. The first-order valence-electron chi connectivity index (χ1n) is 8.93. The van der Waals surface area contributed by atoms with Crippen molar-refractivity contribution in [2.75, 3.05) is 36.5 Å². The predicted molar refractivity (Wildman–Crippen MR) is 105 cm³/mol. The Morgan fingerprint density at radius 2 is 2.00 bits per heavy atom. The molecule has 6 heteroatoms. The van der Waals surface area contributed by atoms with E-state index in [4.69, 9.17) is 9.47 Å². The van der Waals surface area contributed by atoms with Gasteiger partial charge in [0.05, 0.1) is 12.2 Å². The lowest BCUT2D eigenvalue weighted by molar-refractivity contribution is -0.115. The summed E-state index contributed by atoms with van der Waals surface area (Å²) in [7, 11) is 0. The summed E-state index contributed by atoms with van der Waals surface area (Å²) in [5, 5.41) is 3.49. The molecule has 0 fully saturated rings. The number of carbonyl (C=O) groups excluding carboxylic acids is 1. The molecule has 0 aromatic heterocycles. The molecule has 2 aliphatic rings. The van der Waals surface area contributed by atoms with Gasteiger partial charge in [-0.2, -0.15) is 0 Å². The molecule has 2 aromatic rings. The number of amides is 1. The summed E-state index contributed by atoms with van der Waals surface area (Å²) >= 11 is 1.90. The van der Waals surface area contributed by atoms with E-state index in [9.17, 15) is 4.79 Å². The molecule has 0 saturated carbocycles. The van der Waals surface area contributed by atoms with Crippen LogP contribution in [-0.2, 0) is 4.79 Å². The third-order valence-electron chi connectivity index (χ3n) is 4.54. The van der Waals surface area contributed by atoms with Crippen LogP contribution in [0.3, 0.4) is 0 Å². The SMILES string of the molecule is CC[C@H]1CN(CC(=O)Nc2ccc3c(c2)OCCO3)c2ccccc2S1. The molecular weight excluding hydrogens is 348 g/mol. The van der Waals surface area contributed by atoms with Gasteiger partial charge in [-0.3, -0.25) is 4.79 Å². The van der Waals surface area contributed by atoms with Gasteiger partial charge in [0, 0.05) is 28.4 Å². The molecule has 1 amide bonds. The number of fused-ring (bicyclic) bond motifs is 2. The van der Waals surface area contributed by atoms with Crippen LogP contribution in [0.2, 0.25) is 0 Å². The number of rotatable bonds is 4. The normalized spacial score (nSPS) is 18.2. The van der Waals surface area contributed by atoms with E-state index in [1.807, 2.05) is 36.0 Å². The molecule has 1 atom stereocenters. The third-order valence-corrected chi connectivity index (χ3v) is 5.95. The number of hydrogen-bond donors (Lipinski definition) is 1. The highest BCUT2D eigenvalue weighted by atomic mass is 32.2. The number of benzene rings is 2. The van der Waals surface area contributed by atoms with Crippen LogP contribution in [0.4, 0.5) is 11.4 Å². The molecule has 2 aliphatic heterocycles. The Bertz CT molecular complexity index is 811. The van der Waals surface area contributed by atoms with Crippen molar-refractivity contribution in [1.82, 2.24) is 0 Å². The van der Waals surface area contributed by atoms with Crippen molar-refractivity contribution in [2.45, 2.75) is 23.5 Å². The Morgan fingerprint density at radius 1 is 1.19 bits per heavy atom. The molecule has 0 radical (unpaired) electrons. The van der Waals surface area contributed by atoms with Gasteiger partial charge in [-0.1, -0.05) is 19.1 Å². The van der Waals surface area contributed by atoms with Crippen molar-refractivity contribution in [2.24, 2.45) is 0 Å². The summed E-state index contributed by atoms with van der Waals surface area (Å²) in [5.74, 6) is 1.38. The van der Waals surface area contributed by atoms with Gasteiger partial charge in [0.1, 0.15) is 13.2 Å². The van der Waals surface area contributed by atoms with Crippen molar-refractivity contribution >= 4 is 29.0 Å². The van der Waals surface area contributed by atoms with Gasteiger partial charge in [0.15, 0.2) is 11.5 Å². The van der Waals surface area contributed by atoms with Crippen molar-refractivity contribution < 1.29 is 14.3 Å². The fourth-order valence-corrected chi connectivity index (χ4v) is 4.49. The Hall–Kier alpha value is -2.34. The standard InChI is InChI=1S/C20H22N2O3S/c1-2-15-12-22(16-5-3-4-6-19(16)26-15)13-20(23)21-14-7-8-17-18(11-14)25-10-9-24-17/h3-8,11,15H,2,9-10,12-13H2,1H3,(H,21,23)/t15-/m0/s1. The Kier molecular flexibility index (Phi) is 4.93. The van der Waals surface area contributed by atoms with Crippen LogP contribution in [-0.4, -0.2) is 37.5 Å². The van der Waals surface area contributed by atoms with Gasteiger partial charge in [0.2, 0.25) is 5.91 Å². The van der Waals surface area contributed by atoms with E-state index in [1.54, 1.807) is 0 Å². The van der Waals surface area contributed by atoms with E-state index >= 15 is 0 Å². The van der Waals surface area contributed by atoms with Crippen LogP contribution in [0, 0.1) is 0 Å².